The van der Waals surface area contributed by atoms with Crippen LogP contribution < -0.4 is 5.32 Å². The normalized spacial score (nSPS) is 31.9. The van der Waals surface area contributed by atoms with Crippen LogP contribution in [0.2, 0.25) is 0 Å². The van der Waals surface area contributed by atoms with Crippen molar-refractivity contribution in [2.24, 2.45) is 17.3 Å². The lowest BCUT2D eigenvalue weighted by molar-refractivity contribution is -0.159. The van der Waals surface area contributed by atoms with E-state index < -0.39 is 40.0 Å². The molecule has 0 spiro atoms. The first kappa shape index (κ1) is 32.9. The second-order valence-corrected chi connectivity index (χ2v) is 17.2. The van der Waals surface area contributed by atoms with E-state index in [2.05, 4.69) is 23.5 Å². The first-order valence-corrected chi connectivity index (χ1v) is 18.3. The van der Waals surface area contributed by atoms with Crippen LogP contribution in [0.15, 0.2) is 47.0 Å². The number of benzene rings is 2. The number of β-lactam (4-membered cyclic amide) rings is 1. The number of aryl methyl sites for hydroxylation is 2. The van der Waals surface area contributed by atoms with Crippen LogP contribution in [0.5, 0.6) is 5.75 Å². The van der Waals surface area contributed by atoms with Crippen LogP contribution >= 0.6 is 11.8 Å². The number of thioether (sulfide) groups is 1. The number of esters is 1. The molecule has 3 aliphatic carbocycles. The van der Waals surface area contributed by atoms with Gasteiger partial charge in [-0.2, -0.15) is 0 Å². The van der Waals surface area contributed by atoms with Crippen molar-refractivity contribution in [1.82, 2.24) is 15.4 Å². The highest BCUT2D eigenvalue weighted by Gasteiger charge is 2.64. The van der Waals surface area contributed by atoms with Gasteiger partial charge in [-0.25, -0.2) is 9.59 Å². The Kier molecular flexibility index (Phi) is 7.63. The van der Waals surface area contributed by atoms with Crippen LogP contribution in [-0.4, -0.2) is 72.3 Å². The Morgan fingerprint density at radius 3 is 2.56 bits per heavy atom. The molecular formula is C38H41N3O8S. The highest BCUT2D eigenvalue weighted by Crippen LogP contribution is 2.61. The Hall–Kier alpha value is -4.32. The number of nitrogens with one attached hydrogen (secondary N) is 1. The standard InChI is InChI=1S/C38H41N3O8S/c1-18-28(32(43)39-30-33(44)41-31(35(45)46)37(2,3)50-34(30)41)29(40-49-18)19-5-7-20(8-6-19)36(47)48-27-14-13-26-25-11-9-21-17-22(42)10-12-23(21)24(25)15-16-38(26,27)4/h5-8,10,12,17,24-27,30-31,34,42H,9,11,13-16H2,1-4H3,(H,39,43)(H,45,46). The second-order valence-electron chi connectivity index (χ2n) is 15.4. The number of carbonyl (C=O) groups is 4. The van der Waals surface area contributed by atoms with E-state index >= 15 is 0 Å². The molecule has 2 aromatic carbocycles. The molecule has 3 aromatic rings. The number of aromatic hydroxyl groups is 1. The highest BCUT2D eigenvalue weighted by molar-refractivity contribution is 8.01. The maximum absolute atomic E-state index is 13.5. The van der Waals surface area contributed by atoms with Crippen LogP contribution in [0, 0.1) is 24.2 Å². The van der Waals surface area contributed by atoms with Crippen LogP contribution in [0.25, 0.3) is 11.3 Å². The number of carbonyl (C=O) groups excluding carboxylic acids is 3. The van der Waals surface area contributed by atoms with Crippen LogP contribution in [0.3, 0.4) is 0 Å². The number of rotatable bonds is 6. The van der Waals surface area contributed by atoms with Crippen molar-refractivity contribution in [2.75, 3.05) is 0 Å². The SMILES string of the molecule is Cc1onc(-c2ccc(C(=O)OC3CCC4C5CCc6cc(O)ccc6C5CCC34C)cc2)c1C(=O)NC1C(=O)N2C1SC(C)(C)C2C(=O)O. The van der Waals surface area contributed by atoms with Crippen molar-refractivity contribution >= 4 is 35.5 Å². The molecule has 0 radical (unpaired) electrons. The Bertz CT molecular complexity index is 1920. The van der Waals surface area contributed by atoms with Crippen molar-refractivity contribution in [2.45, 2.75) is 100 Å². The van der Waals surface area contributed by atoms with Crippen molar-refractivity contribution in [3.63, 3.8) is 0 Å². The maximum atomic E-state index is 13.5. The Morgan fingerprint density at radius 2 is 1.82 bits per heavy atom. The molecule has 4 fully saturated rings. The first-order chi connectivity index (χ1) is 23.8. The molecule has 3 N–H and O–H groups in total. The number of nitrogens with zero attached hydrogens (tertiary/aromatic N) is 2. The minimum absolute atomic E-state index is 0.0914. The van der Waals surface area contributed by atoms with E-state index in [-0.39, 0.29) is 34.5 Å². The number of hydrogen-bond acceptors (Lipinski definition) is 9. The number of fused-ring (bicyclic) bond motifs is 6. The summed E-state index contributed by atoms with van der Waals surface area (Å²) in [7, 11) is 0. The third-order valence-corrected chi connectivity index (χ3v) is 13.9. The Labute approximate surface area is 294 Å². The van der Waals surface area contributed by atoms with Gasteiger partial charge in [-0.15, -0.1) is 11.8 Å². The summed E-state index contributed by atoms with van der Waals surface area (Å²) in [6.07, 6.45) is 5.76. The number of amides is 2. The molecule has 1 aromatic heterocycles. The van der Waals surface area contributed by atoms with E-state index in [1.54, 1.807) is 51.1 Å². The van der Waals surface area contributed by atoms with Gasteiger partial charge in [0, 0.05) is 15.7 Å². The van der Waals surface area contributed by atoms with E-state index in [0.29, 0.717) is 34.6 Å². The number of aromatic nitrogens is 1. The lowest BCUT2D eigenvalue weighted by Crippen LogP contribution is -2.70. The Balaban J connectivity index is 0.938. The maximum Gasteiger partial charge on any atom is 0.338 e. The van der Waals surface area contributed by atoms with Gasteiger partial charge in [-0.1, -0.05) is 30.3 Å². The summed E-state index contributed by atoms with van der Waals surface area (Å²) >= 11 is 1.35. The molecule has 8 unspecified atom stereocenters. The summed E-state index contributed by atoms with van der Waals surface area (Å²) in [6.45, 7) is 7.46. The number of phenols is 1. The largest absolute Gasteiger partial charge is 0.508 e. The van der Waals surface area contributed by atoms with Crippen molar-refractivity contribution in [1.29, 1.82) is 0 Å². The molecule has 2 amide bonds. The molecule has 262 valence electrons. The predicted molar refractivity (Wildman–Crippen MR) is 184 cm³/mol. The molecule has 50 heavy (non-hydrogen) atoms. The van der Waals surface area contributed by atoms with Crippen LogP contribution in [0.1, 0.15) is 96.4 Å². The number of carboxylic acids is 1. The first-order valence-electron chi connectivity index (χ1n) is 17.4. The molecule has 2 saturated heterocycles. The summed E-state index contributed by atoms with van der Waals surface area (Å²) in [5, 5.41) is 26.1. The Morgan fingerprint density at radius 1 is 1.06 bits per heavy atom. The van der Waals surface area contributed by atoms with Gasteiger partial charge >= 0.3 is 11.9 Å². The summed E-state index contributed by atoms with van der Waals surface area (Å²) in [4.78, 5) is 53.2. The zero-order valence-electron chi connectivity index (χ0n) is 28.5. The molecule has 8 atom stereocenters. The lowest BCUT2D eigenvalue weighted by atomic mass is 9.55. The molecular weight excluding hydrogens is 658 g/mol. The monoisotopic (exact) mass is 699 g/mol. The van der Waals surface area contributed by atoms with Crippen molar-refractivity contribution < 1.29 is 38.7 Å². The van der Waals surface area contributed by atoms with Gasteiger partial charge in [-0.05, 0) is 112 Å². The molecule has 12 heteroatoms. The zero-order valence-corrected chi connectivity index (χ0v) is 29.3. The molecule has 5 aliphatic rings. The molecule has 8 rings (SSSR count). The van der Waals surface area contributed by atoms with Crippen molar-refractivity contribution in [3.8, 4) is 17.0 Å². The smallest absolute Gasteiger partial charge is 0.338 e. The van der Waals surface area contributed by atoms with E-state index in [9.17, 15) is 29.4 Å². The van der Waals surface area contributed by atoms with Gasteiger partial charge in [0.05, 0.1) is 5.56 Å². The minimum Gasteiger partial charge on any atom is -0.508 e. The van der Waals surface area contributed by atoms with E-state index in [4.69, 9.17) is 9.26 Å². The highest BCUT2D eigenvalue weighted by atomic mass is 32.2. The fourth-order valence-electron chi connectivity index (χ4n) is 9.87. The number of ether oxygens (including phenoxy) is 1. The summed E-state index contributed by atoms with van der Waals surface area (Å²) in [5.74, 6) is -0.348. The lowest BCUT2D eigenvalue weighted by Gasteiger charge is -2.50. The fraction of sp³-hybridized carbons (Fsp3) is 0.500. The number of aliphatic carboxylic acids is 1. The van der Waals surface area contributed by atoms with Gasteiger partial charge in [0.1, 0.15) is 46.3 Å². The number of hydrogen-bond donors (Lipinski definition) is 3. The average Bonchev–Trinajstić information content (AvgIpc) is 3.71. The molecule has 11 nitrogen and oxygen atoms in total. The summed E-state index contributed by atoms with van der Waals surface area (Å²) < 4.78 is 10.9. The van der Waals surface area contributed by atoms with Gasteiger partial charge in [-0.3, -0.25) is 9.59 Å². The van der Waals surface area contributed by atoms with Gasteiger partial charge in [0.2, 0.25) is 5.91 Å². The summed E-state index contributed by atoms with van der Waals surface area (Å²) in [5.41, 5.74) is 3.96. The van der Waals surface area contributed by atoms with Gasteiger partial charge in [0.25, 0.3) is 5.91 Å². The van der Waals surface area contributed by atoms with Crippen LogP contribution in [0.4, 0.5) is 0 Å². The predicted octanol–water partition coefficient (Wildman–Crippen LogP) is 5.68. The molecule has 3 heterocycles. The minimum atomic E-state index is -1.07. The quantitative estimate of drug-likeness (QED) is 0.216. The van der Waals surface area contributed by atoms with Gasteiger partial charge in [0.15, 0.2) is 0 Å². The average molecular weight is 700 g/mol. The van der Waals surface area contributed by atoms with Crippen molar-refractivity contribution in [3.05, 3.63) is 70.5 Å². The van der Waals surface area contributed by atoms with E-state index in [1.165, 1.54) is 27.8 Å². The van der Waals surface area contributed by atoms with Gasteiger partial charge < -0.3 is 29.7 Å². The number of phenolic OH excluding ortho intramolecular Hbond substituents is 1. The second kappa shape index (κ2) is 11.6. The molecule has 2 aliphatic heterocycles. The zero-order chi connectivity index (χ0) is 35.3. The molecule has 0 bridgehead atoms. The van der Waals surface area contributed by atoms with E-state index in [0.717, 1.165) is 38.5 Å². The summed E-state index contributed by atoms with van der Waals surface area (Å²) in [6, 6.07) is 10.7. The topological polar surface area (TPSA) is 159 Å². The van der Waals surface area contributed by atoms with Crippen LogP contribution in [-0.2, 0) is 20.7 Å². The fourth-order valence-corrected chi connectivity index (χ4v) is 11.5. The van der Waals surface area contributed by atoms with E-state index in [1.807, 2.05) is 6.07 Å². The number of carboxylic acid groups (broad SMARTS) is 1. The third-order valence-electron chi connectivity index (χ3n) is 12.3. The molecule has 2 saturated carbocycles. The third kappa shape index (κ3) is 4.96.